The minimum absolute atomic E-state index is 0.00571. The van der Waals surface area contributed by atoms with E-state index in [1.807, 2.05) is 12.1 Å². The van der Waals surface area contributed by atoms with Gasteiger partial charge in [-0.3, -0.25) is 5.10 Å². The number of carboxylic acid groups (broad SMARTS) is 1. The average Bonchev–Trinajstić information content (AvgIpc) is 3.49. The predicted molar refractivity (Wildman–Crippen MR) is 131 cm³/mol. The number of halogens is 1. The quantitative estimate of drug-likeness (QED) is 0.201. The van der Waals surface area contributed by atoms with Crippen molar-refractivity contribution in [2.24, 2.45) is 0 Å². The van der Waals surface area contributed by atoms with Crippen molar-refractivity contribution in [3.05, 3.63) is 70.3 Å². The molecule has 2 aromatic carbocycles. The number of methoxy groups -OCH3 is 2. The topological polar surface area (TPSA) is 110 Å². The van der Waals surface area contributed by atoms with E-state index >= 15 is 0 Å². The number of nitrogens with zero attached hydrogens (tertiary/aromatic N) is 2. The molecule has 0 radical (unpaired) electrons. The average molecular weight is 516 g/mol. The van der Waals surface area contributed by atoms with E-state index in [9.17, 15) is 9.90 Å². The summed E-state index contributed by atoms with van der Waals surface area (Å²) in [6, 6.07) is 16.1. The maximum absolute atomic E-state index is 11.8. The second kappa shape index (κ2) is 10.7. The standard InChI is InChI=1S/C23H18ClN3O5S2/c1-30-16-9-13(10-17(11-16)31-2)21-25-23(27-26-21)34-19(22(28)29)12-15-5-8-20(32-15)33-18-6-3-14(24)4-7-18/h3-12H,1-2H3,(H,28,29)(H,25,26,27)/b19-12-. The molecule has 2 aromatic heterocycles. The predicted octanol–water partition coefficient (Wildman–Crippen LogP) is 6.10. The van der Waals surface area contributed by atoms with Crippen molar-refractivity contribution in [3.63, 3.8) is 0 Å². The van der Waals surface area contributed by atoms with Crippen LogP contribution >= 0.6 is 35.1 Å². The Morgan fingerprint density at radius 3 is 2.44 bits per heavy atom. The first-order valence-electron chi connectivity index (χ1n) is 9.75. The van der Waals surface area contributed by atoms with E-state index in [0.29, 0.717) is 38.8 Å². The Kier molecular flexibility index (Phi) is 7.51. The van der Waals surface area contributed by atoms with Crippen molar-refractivity contribution in [1.29, 1.82) is 0 Å². The number of nitrogens with one attached hydrogen (secondary N) is 1. The number of aromatic amines is 1. The molecule has 4 aromatic rings. The molecule has 174 valence electrons. The summed E-state index contributed by atoms with van der Waals surface area (Å²) in [6.45, 7) is 0. The molecule has 34 heavy (non-hydrogen) atoms. The third-order valence-corrected chi connectivity index (χ3v) is 6.47. The Balaban J connectivity index is 1.51. The fourth-order valence-corrected chi connectivity index (χ4v) is 4.41. The molecule has 8 nitrogen and oxygen atoms in total. The highest BCUT2D eigenvalue weighted by Gasteiger charge is 2.16. The minimum Gasteiger partial charge on any atom is -0.497 e. The molecule has 0 bridgehead atoms. The van der Waals surface area contributed by atoms with Gasteiger partial charge < -0.3 is 19.0 Å². The Hall–Kier alpha value is -3.34. The van der Waals surface area contributed by atoms with Gasteiger partial charge >= 0.3 is 5.97 Å². The van der Waals surface area contributed by atoms with Gasteiger partial charge in [0.1, 0.15) is 22.2 Å². The van der Waals surface area contributed by atoms with Gasteiger partial charge in [-0.25, -0.2) is 9.78 Å². The molecule has 0 unspecified atom stereocenters. The van der Waals surface area contributed by atoms with E-state index in [4.69, 9.17) is 25.5 Å². The zero-order chi connectivity index (χ0) is 24.1. The number of ether oxygens (including phenoxy) is 2. The molecule has 2 N–H and O–H groups in total. The van der Waals surface area contributed by atoms with Crippen LogP contribution < -0.4 is 9.47 Å². The Morgan fingerprint density at radius 2 is 1.79 bits per heavy atom. The number of carbonyl (C=O) groups is 1. The van der Waals surface area contributed by atoms with E-state index in [1.54, 1.807) is 56.7 Å². The highest BCUT2D eigenvalue weighted by molar-refractivity contribution is 8.04. The Labute approximate surface area is 208 Å². The second-order valence-electron chi connectivity index (χ2n) is 6.70. The van der Waals surface area contributed by atoms with Gasteiger partial charge in [0.25, 0.3) is 0 Å². The summed E-state index contributed by atoms with van der Waals surface area (Å²) in [5.41, 5.74) is 0.686. The van der Waals surface area contributed by atoms with E-state index in [1.165, 1.54) is 17.8 Å². The maximum atomic E-state index is 11.8. The minimum atomic E-state index is -1.12. The Morgan fingerprint density at radius 1 is 1.09 bits per heavy atom. The van der Waals surface area contributed by atoms with Crippen molar-refractivity contribution in [3.8, 4) is 22.9 Å². The van der Waals surface area contributed by atoms with Gasteiger partial charge in [0, 0.05) is 27.6 Å². The van der Waals surface area contributed by atoms with Crippen molar-refractivity contribution >= 4 is 47.2 Å². The lowest BCUT2D eigenvalue weighted by atomic mass is 10.2. The normalized spacial score (nSPS) is 11.4. The molecule has 0 aliphatic carbocycles. The van der Waals surface area contributed by atoms with Gasteiger partial charge in [0.2, 0.25) is 5.16 Å². The lowest BCUT2D eigenvalue weighted by molar-refractivity contribution is -0.131. The van der Waals surface area contributed by atoms with Gasteiger partial charge in [-0.05, 0) is 60.3 Å². The molecule has 11 heteroatoms. The van der Waals surface area contributed by atoms with Crippen LogP contribution in [-0.4, -0.2) is 40.5 Å². The van der Waals surface area contributed by atoms with Crippen molar-refractivity contribution in [1.82, 2.24) is 15.2 Å². The molecule has 4 rings (SSSR count). The summed E-state index contributed by atoms with van der Waals surface area (Å²) in [6.07, 6.45) is 1.43. The van der Waals surface area contributed by atoms with Crippen LogP contribution in [0.4, 0.5) is 0 Å². The Bertz CT molecular complexity index is 1310. The molecule has 0 amide bonds. The first-order valence-corrected chi connectivity index (χ1v) is 11.8. The molecular formula is C23H18ClN3O5S2. The van der Waals surface area contributed by atoms with Crippen LogP contribution in [0.15, 0.2) is 79.1 Å². The SMILES string of the molecule is COc1cc(OC)cc(-c2nc(S/C(=C\c3ccc(Sc4ccc(Cl)cc4)o3)C(=O)O)n[nH]2)c1. The largest absolute Gasteiger partial charge is 0.497 e. The van der Waals surface area contributed by atoms with Crippen molar-refractivity contribution in [2.75, 3.05) is 14.2 Å². The molecule has 0 fully saturated rings. The highest BCUT2D eigenvalue weighted by atomic mass is 35.5. The third kappa shape index (κ3) is 5.96. The molecule has 0 spiro atoms. The van der Waals surface area contributed by atoms with Gasteiger partial charge in [0.05, 0.1) is 14.2 Å². The zero-order valence-corrected chi connectivity index (χ0v) is 20.3. The second-order valence-corrected chi connectivity index (χ2v) is 9.22. The summed E-state index contributed by atoms with van der Waals surface area (Å²) in [5.74, 6) is 0.911. The number of benzene rings is 2. The fourth-order valence-electron chi connectivity index (χ4n) is 2.81. The number of furan rings is 1. The van der Waals surface area contributed by atoms with Crippen LogP contribution in [0.5, 0.6) is 11.5 Å². The monoisotopic (exact) mass is 515 g/mol. The number of hydrogen-bond acceptors (Lipinski definition) is 8. The number of rotatable bonds is 9. The fraction of sp³-hybridized carbons (Fsp3) is 0.0870. The summed E-state index contributed by atoms with van der Waals surface area (Å²) in [5, 5.41) is 18.1. The van der Waals surface area contributed by atoms with Crippen LogP contribution in [0.2, 0.25) is 5.02 Å². The smallest absolute Gasteiger partial charge is 0.342 e. The first kappa shape index (κ1) is 23.8. The van der Waals surface area contributed by atoms with E-state index in [2.05, 4.69) is 15.2 Å². The number of aromatic nitrogens is 3. The maximum Gasteiger partial charge on any atom is 0.342 e. The van der Waals surface area contributed by atoms with Gasteiger partial charge in [-0.1, -0.05) is 23.4 Å². The molecule has 0 saturated heterocycles. The molecule has 0 aliphatic rings. The lowest BCUT2D eigenvalue weighted by Crippen LogP contribution is -1.97. The lowest BCUT2D eigenvalue weighted by Gasteiger charge is -2.06. The van der Waals surface area contributed by atoms with Crippen molar-refractivity contribution < 1.29 is 23.8 Å². The number of H-pyrrole nitrogens is 1. The van der Waals surface area contributed by atoms with Crippen LogP contribution in [0.25, 0.3) is 17.5 Å². The molecule has 0 atom stereocenters. The number of carboxylic acids is 1. The number of thioether (sulfide) groups is 1. The summed E-state index contributed by atoms with van der Waals surface area (Å²) >= 11 is 8.22. The van der Waals surface area contributed by atoms with E-state index < -0.39 is 5.97 Å². The van der Waals surface area contributed by atoms with Crippen LogP contribution in [0.3, 0.4) is 0 Å². The van der Waals surface area contributed by atoms with E-state index in [0.717, 1.165) is 16.7 Å². The van der Waals surface area contributed by atoms with Gasteiger partial charge in [-0.2, -0.15) is 0 Å². The number of hydrogen-bond donors (Lipinski definition) is 2. The van der Waals surface area contributed by atoms with Crippen LogP contribution in [-0.2, 0) is 4.79 Å². The van der Waals surface area contributed by atoms with E-state index in [-0.39, 0.29) is 10.1 Å². The summed E-state index contributed by atoms with van der Waals surface area (Å²) in [7, 11) is 3.11. The molecule has 0 saturated carbocycles. The first-order chi connectivity index (χ1) is 16.4. The molecule has 2 heterocycles. The van der Waals surface area contributed by atoms with Gasteiger partial charge in [0.15, 0.2) is 10.9 Å². The van der Waals surface area contributed by atoms with Crippen LogP contribution in [0.1, 0.15) is 5.76 Å². The van der Waals surface area contributed by atoms with Crippen molar-refractivity contribution in [2.45, 2.75) is 15.1 Å². The molecular weight excluding hydrogens is 498 g/mol. The third-order valence-electron chi connectivity index (χ3n) is 4.41. The van der Waals surface area contributed by atoms with Gasteiger partial charge in [-0.15, -0.1) is 5.10 Å². The number of aliphatic carboxylic acids is 1. The molecule has 0 aliphatic heterocycles. The van der Waals surface area contributed by atoms with Crippen LogP contribution in [0, 0.1) is 0 Å². The highest BCUT2D eigenvalue weighted by Crippen LogP contribution is 2.33. The summed E-state index contributed by atoms with van der Waals surface area (Å²) < 4.78 is 16.3. The summed E-state index contributed by atoms with van der Waals surface area (Å²) in [4.78, 5) is 17.2. The zero-order valence-electron chi connectivity index (χ0n) is 17.9.